The summed E-state index contributed by atoms with van der Waals surface area (Å²) in [5, 5.41) is 0.661. The van der Waals surface area contributed by atoms with Crippen LogP contribution in [0.1, 0.15) is 47.0 Å². The van der Waals surface area contributed by atoms with E-state index in [4.69, 9.17) is 11.6 Å². The molecule has 0 radical (unpaired) electrons. The predicted octanol–water partition coefficient (Wildman–Crippen LogP) is 5.02. The van der Waals surface area contributed by atoms with Gasteiger partial charge in [-0.15, -0.1) is 0 Å². The lowest BCUT2D eigenvalue weighted by atomic mass is 10.1. The highest BCUT2D eigenvalue weighted by atomic mass is 35.5. The van der Waals surface area contributed by atoms with Crippen molar-refractivity contribution in [1.29, 1.82) is 0 Å². The van der Waals surface area contributed by atoms with Crippen molar-refractivity contribution in [2.75, 3.05) is 0 Å². The van der Waals surface area contributed by atoms with Gasteiger partial charge in [0.2, 0.25) is 0 Å². The van der Waals surface area contributed by atoms with Gasteiger partial charge in [-0.2, -0.15) is 0 Å². The van der Waals surface area contributed by atoms with Crippen LogP contribution in [-0.4, -0.2) is 21.5 Å². The maximum atomic E-state index is 12.2. The molecule has 1 heterocycles. The minimum Gasteiger partial charge on any atom is -0.316 e. The van der Waals surface area contributed by atoms with E-state index in [-0.39, 0.29) is 5.78 Å². The molecule has 5 heteroatoms. The Morgan fingerprint density at radius 1 is 1.40 bits per heavy atom. The van der Waals surface area contributed by atoms with Crippen molar-refractivity contribution in [3.63, 3.8) is 0 Å². The third kappa shape index (κ3) is 4.15. The van der Waals surface area contributed by atoms with Gasteiger partial charge in [0.25, 0.3) is 0 Å². The summed E-state index contributed by atoms with van der Waals surface area (Å²) in [4.78, 5) is 21.2. The molecule has 130 valence electrons. The van der Waals surface area contributed by atoms with Crippen LogP contribution in [0.5, 0.6) is 0 Å². The topological polar surface area (TPSA) is 47.2 Å². The molecule has 0 saturated heterocycles. The van der Waals surface area contributed by atoms with Crippen LogP contribution in [0, 0.1) is 13.8 Å². The number of aryl methyl sites for hydroxylation is 2. The second-order valence-corrected chi connectivity index (χ2v) is 6.20. The Morgan fingerprint density at radius 3 is 2.72 bits per heavy atom. The Morgan fingerprint density at radius 2 is 2.12 bits per heavy atom. The van der Waals surface area contributed by atoms with E-state index in [0.29, 0.717) is 34.5 Å². The standard InChI is InChI=1S/C20H22ClN3O/c1-6-10-22-18(7-2)20-23-14(4)19(15(5)25)24(20)12-16-11-13(3)8-9-17(16)21/h6-11H,1,12H2,2-5H3/b18-7-,22-10-. The minimum atomic E-state index is -0.0387. The van der Waals surface area contributed by atoms with Crippen molar-refractivity contribution in [3.8, 4) is 0 Å². The summed E-state index contributed by atoms with van der Waals surface area (Å²) in [6.45, 7) is 11.4. The van der Waals surface area contributed by atoms with Crippen LogP contribution in [0.3, 0.4) is 0 Å². The van der Waals surface area contributed by atoms with Crippen LogP contribution >= 0.6 is 11.6 Å². The predicted molar refractivity (Wildman–Crippen MR) is 105 cm³/mol. The monoisotopic (exact) mass is 355 g/mol. The van der Waals surface area contributed by atoms with E-state index >= 15 is 0 Å². The Labute approximate surface area is 153 Å². The second-order valence-electron chi connectivity index (χ2n) is 5.79. The average molecular weight is 356 g/mol. The molecule has 0 aliphatic rings. The second kappa shape index (κ2) is 8.08. The van der Waals surface area contributed by atoms with Gasteiger partial charge in [0.05, 0.1) is 12.2 Å². The van der Waals surface area contributed by atoms with E-state index in [1.807, 2.05) is 49.6 Å². The summed E-state index contributed by atoms with van der Waals surface area (Å²) in [7, 11) is 0. The zero-order valence-electron chi connectivity index (χ0n) is 15.0. The molecule has 4 nitrogen and oxygen atoms in total. The molecule has 0 aliphatic heterocycles. The average Bonchev–Trinajstić information content (AvgIpc) is 2.88. The van der Waals surface area contributed by atoms with Crippen LogP contribution in [0.2, 0.25) is 5.02 Å². The van der Waals surface area contributed by atoms with Crippen LogP contribution < -0.4 is 0 Å². The Balaban J connectivity index is 2.65. The van der Waals surface area contributed by atoms with E-state index in [9.17, 15) is 4.79 Å². The maximum Gasteiger partial charge on any atom is 0.178 e. The lowest BCUT2D eigenvalue weighted by Crippen LogP contribution is -2.12. The van der Waals surface area contributed by atoms with Gasteiger partial charge >= 0.3 is 0 Å². The van der Waals surface area contributed by atoms with Gasteiger partial charge in [0.15, 0.2) is 11.6 Å². The van der Waals surface area contributed by atoms with Crippen LogP contribution in [0.4, 0.5) is 0 Å². The summed E-state index contributed by atoms with van der Waals surface area (Å²) in [5.74, 6) is 0.601. The van der Waals surface area contributed by atoms with Crippen LogP contribution in [0.25, 0.3) is 5.70 Å². The highest BCUT2D eigenvalue weighted by molar-refractivity contribution is 6.31. The van der Waals surface area contributed by atoms with Gasteiger partial charge in [-0.05, 0) is 32.4 Å². The van der Waals surface area contributed by atoms with Crippen molar-refractivity contribution in [2.24, 2.45) is 4.99 Å². The number of rotatable bonds is 6. The molecular formula is C20H22ClN3O. The number of allylic oxidation sites excluding steroid dienone is 2. The maximum absolute atomic E-state index is 12.2. The molecule has 0 spiro atoms. The summed E-state index contributed by atoms with van der Waals surface area (Å²) in [6.07, 6.45) is 5.07. The lowest BCUT2D eigenvalue weighted by Gasteiger charge is -2.13. The number of imidazole rings is 1. The number of nitrogens with zero attached hydrogens (tertiary/aromatic N) is 3. The molecule has 0 fully saturated rings. The first kappa shape index (κ1) is 18.9. The van der Waals surface area contributed by atoms with Crippen molar-refractivity contribution in [3.05, 3.63) is 70.3 Å². The zero-order valence-corrected chi connectivity index (χ0v) is 15.8. The van der Waals surface area contributed by atoms with Crippen molar-refractivity contribution in [2.45, 2.75) is 34.2 Å². The fourth-order valence-electron chi connectivity index (χ4n) is 2.76. The molecule has 1 aromatic heterocycles. The number of ketones is 1. The molecule has 0 amide bonds. The summed E-state index contributed by atoms with van der Waals surface area (Å²) in [5.41, 5.74) is 3.98. The number of aromatic nitrogens is 2. The highest BCUT2D eigenvalue weighted by Crippen LogP contribution is 2.25. The fraction of sp³-hybridized carbons (Fsp3) is 0.250. The van der Waals surface area contributed by atoms with Crippen molar-refractivity contribution in [1.82, 2.24) is 9.55 Å². The number of carbonyl (C=O) groups excluding carboxylic acids is 1. The first-order valence-electron chi connectivity index (χ1n) is 8.03. The van der Waals surface area contributed by atoms with Gasteiger partial charge in [-0.1, -0.05) is 48.0 Å². The number of hydrogen-bond acceptors (Lipinski definition) is 3. The van der Waals surface area contributed by atoms with Gasteiger partial charge in [0, 0.05) is 18.2 Å². The zero-order chi connectivity index (χ0) is 18.6. The quantitative estimate of drug-likeness (QED) is 0.539. The number of Topliss-reactive ketones (excluding diaryl/α,β-unsaturated/α-hetero) is 1. The third-order valence-corrected chi connectivity index (χ3v) is 4.20. The van der Waals surface area contributed by atoms with E-state index in [1.54, 1.807) is 19.2 Å². The molecule has 25 heavy (non-hydrogen) atoms. The fourth-order valence-corrected chi connectivity index (χ4v) is 2.93. The van der Waals surface area contributed by atoms with Gasteiger partial charge in [0.1, 0.15) is 11.4 Å². The molecule has 1 aromatic carbocycles. The highest BCUT2D eigenvalue weighted by Gasteiger charge is 2.20. The SMILES string of the molecule is C=C/C=N\C(=C/C)c1nc(C)c(C(C)=O)n1Cc1cc(C)ccc1Cl. The van der Waals surface area contributed by atoms with E-state index in [1.165, 1.54) is 0 Å². The number of hydrogen-bond donors (Lipinski definition) is 0. The number of aliphatic imine (C=N–C) groups is 1. The molecule has 0 bridgehead atoms. The van der Waals surface area contributed by atoms with Gasteiger partial charge in [-0.25, -0.2) is 4.98 Å². The normalized spacial score (nSPS) is 12.0. The molecule has 2 rings (SSSR count). The molecule has 0 N–H and O–H groups in total. The number of halogens is 1. The molecule has 2 aromatic rings. The smallest absolute Gasteiger partial charge is 0.178 e. The molecular weight excluding hydrogens is 334 g/mol. The number of carbonyl (C=O) groups is 1. The molecule has 0 saturated carbocycles. The molecule has 0 aliphatic carbocycles. The van der Waals surface area contributed by atoms with Crippen LogP contribution in [0.15, 0.2) is 41.9 Å². The summed E-state index contributed by atoms with van der Waals surface area (Å²) in [6, 6.07) is 5.85. The van der Waals surface area contributed by atoms with Gasteiger partial charge in [-0.3, -0.25) is 9.79 Å². The lowest BCUT2D eigenvalue weighted by molar-refractivity contribution is 0.100. The Kier molecular flexibility index (Phi) is 6.10. The Hall–Kier alpha value is -2.46. The van der Waals surface area contributed by atoms with Crippen molar-refractivity contribution < 1.29 is 4.79 Å². The molecule has 0 atom stereocenters. The van der Waals surface area contributed by atoms with Gasteiger partial charge < -0.3 is 4.57 Å². The van der Waals surface area contributed by atoms with E-state index in [0.717, 1.165) is 11.1 Å². The minimum absolute atomic E-state index is 0.0387. The van der Waals surface area contributed by atoms with E-state index < -0.39 is 0 Å². The summed E-state index contributed by atoms with van der Waals surface area (Å²) < 4.78 is 1.88. The summed E-state index contributed by atoms with van der Waals surface area (Å²) >= 11 is 6.36. The largest absolute Gasteiger partial charge is 0.316 e. The Bertz CT molecular complexity index is 875. The third-order valence-electron chi connectivity index (χ3n) is 3.83. The first-order chi connectivity index (χ1) is 11.9. The van der Waals surface area contributed by atoms with Crippen molar-refractivity contribution >= 4 is 29.3 Å². The first-order valence-corrected chi connectivity index (χ1v) is 8.41. The molecule has 0 unspecified atom stereocenters. The van der Waals surface area contributed by atoms with Crippen LogP contribution in [-0.2, 0) is 6.54 Å². The van der Waals surface area contributed by atoms with E-state index in [2.05, 4.69) is 16.6 Å². The number of benzene rings is 1.